The second-order valence-electron chi connectivity index (χ2n) is 4.06. The van der Waals surface area contributed by atoms with Crippen LogP contribution in [0.2, 0.25) is 0 Å². The summed E-state index contributed by atoms with van der Waals surface area (Å²) in [7, 11) is 1.52. The molecule has 0 saturated heterocycles. The average molecular weight is 210 g/mol. The lowest BCUT2D eigenvalue weighted by molar-refractivity contribution is -0.140. The van der Waals surface area contributed by atoms with Crippen molar-refractivity contribution >= 4 is 17.7 Å². The van der Waals surface area contributed by atoms with E-state index in [1.807, 2.05) is 0 Å². The topological polar surface area (TPSA) is 66.5 Å². The molecule has 0 aromatic carbocycles. The van der Waals surface area contributed by atoms with Crippen molar-refractivity contribution in [1.29, 1.82) is 0 Å². The molecule has 0 atom stereocenters. The summed E-state index contributed by atoms with van der Waals surface area (Å²) in [5.74, 6) is -0.927. The zero-order chi connectivity index (χ0) is 11.6. The second kappa shape index (κ2) is 3.84. The molecule has 1 N–H and O–H groups in total. The first-order valence-corrected chi connectivity index (χ1v) is 4.64. The van der Waals surface area contributed by atoms with Crippen molar-refractivity contribution in [2.24, 2.45) is 5.41 Å². The van der Waals surface area contributed by atoms with Gasteiger partial charge in [0, 0.05) is 25.7 Å². The van der Waals surface area contributed by atoms with Gasteiger partial charge in [-0.25, -0.2) is 0 Å². The summed E-state index contributed by atoms with van der Waals surface area (Å²) < 4.78 is 0. The van der Waals surface area contributed by atoms with Crippen LogP contribution in [-0.2, 0) is 14.4 Å². The molecule has 0 aromatic rings. The summed E-state index contributed by atoms with van der Waals surface area (Å²) in [6.07, 6.45) is 2.42. The van der Waals surface area contributed by atoms with Crippen LogP contribution in [0.3, 0.4) is 0 Å². The van der Waals surface area contributed by atoms with Gasteiger partial charge in [-0.3, -0.25) is 19.3 Å². The molecule has 0 spiro atoms. The van der Waals surface area contributed by atoms with Crippen molar-refractivity contribution < 1.29 is 14.4 Å². The number of imide groups is 1. The third kappa shape index (κ3) is 2.23. The maximum atomic E-state index is 11.5. The number of carbonyl (C=O) groups excluding carboxylic acids is 3. The van der Waals surface area contributed by atoms with E-state index in [0.717, 1.165) is 4.90 Å². The zero-order valence-corrected chi connectivity index (χ0v) is 9.03. The standard InChI is InChI=1S/C10H14N2O3/c1-10(2,9(15)11-3)6-12-7(13)4-5-8(12)14/h4-5H,6H2,1-3H3,(H,11,15). The predicted molar refractivity (Wildman–Crippen MR) is 53.7 cm³/mol. The van der Waals surface area contributed by atoms with Gasteiger partial charge >= 0.3 is 0 Å². The predicted octanol–water partition coefficient (Wildman–Crippen LogP) is -0.316. The molecule has 1 aliphatic rings. The largest absolute Gasteiger partial charge is 0.359 e. The van der Waals surface area contributed by atoms with Crippen molar-refractivity contribution in [2.75, 3.05) is 13.6 Å². The van der Waals surface area contributed by atoms with Gasteiger partial charge in [-0.15, -0.1) is 0 Å². The third-order valence-electron chi connectivity index (χ3n) is 2.30. The van der Waals surface area contributed by atoms with Crippen molar-refractivity contribution in [3.05, 3.63) is 12.2 Å². The maximum absolute atomic E-state index is 11.5. The molecular formula is C10H14N2O3. The van der Waals surface area contributed by atoms with Gasteiger partial charge in [-0.2, -0.15) is 0 Å². The Morgan fingerprint density at radius 3 is 2.20 bits per heavy atom. The fraction of sp³-hybridized carbons (Fsp3) is 0.500. The van der Waals surface area contributed by atoms with Crippen LogP contribution in [0.5, 0.6) is 0 Å². The fourth-order valence-corrected chi connectivity index (χ4v) is 1.39. The van der Waals surface area contributed by atoms with Crippen LogP contribution >= 0.6 is 0 Å². The molecule has 15 heavy (non-hydrogen) atoms. The molecule has 0 saturated carbocycles. The minimum atomic E-state index is -0.772. The first-order valence-electron chi connectivity index (χ1n) is 4.64. The van der Waals surface area contributed by atoms with Crippen molar-refractivity contribution in [1.82, 2.24) is 10.2 Å². The number of hydrogen-bond donors (Lipinski definition) is 1. The van der Waals surface area contributed by atoms with Gasteiger partial charge in [-0.1, -0.05) is 0 Å². The Bertz CT molecular complexity index is 327. The maximum Gasteiger partial charge on any atom is 0.253 e. The van der Waals surface area contributed by atoms with E-state index < -0.39 is 5.41 Å². The molecule has 0 bridgehead atoms. The Kier molecular flexibility index (Phi) is 2.93. The molecule has 3 amide bonds. The van der Waals surface area contributed by atoms with E-state index in [4.69, 9.17) is 0 Å². The molecule has 82 valence electrons. The lowest BCUT2D eigenvalue weighted by atomic mass is 9.91. The van der Waals surface area contributed by atoms with E-state index in [-0.39, 0.29) is 24.3 Å². The Hall–Kier alpha value is -1.65. The average Bonchev–Trinajstić information content (AvgIpc) is 2.47. The molecule has 1 rings (SSSR count). The van der Waals surface area contributed by atoms with Crippen LogP contribution in [0.15, 0.2) is 12.2 Å². The minimum absolute atomic E-state index is 0.0946. The normalized spacial score (nSPS) is 16.1. The molecular weight excluding hydrogens is 196 g/mol. The van der Waals surface area contributed by atoms with E-state index in [2.05, 4.69) is 5.32 Å². The Labute approximate surface area is 88.1 Å². The molecule has 0 fully saturated rings. The molecule has 0 aromatic heterocycles. The highest BCUT2D eigenvalue weighted by Crippen LogP contribution is 2.19. The summed E-state index contributed by atoms with van der Waals surface area (Å²) in [5, 5.41) is 2.50. The van der Waals surface area contributed by atoms with Gasteiger partial charge in [0.2, 0.25) is 5.91 Å². The van der Waals surface area contributed by atoms with E-state index in [0.29, 0.717) is 0 Å². The molecule has 5 nitrogen and oxygen atoms in total. The van der Waals surface area contributed by atoms with Gasteiger partial charge < -0.3 is 5.32 Å². The number of nitrogens with zero attached hydrogens (tertiary/aromatic N) is 1. The molecule has 0 radical (unpaired) electrons. The fourth-order valence-electron chi connectivity index (χ4n) is 1.39. The number of amides is 3. The second-order valence-corrected chi connectivity index (χ2v) is 4.06. The minimum Gasteiger partial charge on any atom is -0.359 e. The highest BCUT2D eigenvalue weighted by molar-refractivity contribution is 6.13. The van der Waals surface area contributed by atoms with Gasteiger partial charge in [0.05, 0.1) is 5.41 Å². The monoisotopic (exact) mass is 210 g/mol. The van der Waals surface area contributed by atoms with Gasteiger partial charge in [0.1, 0.15) is 0 Å². The number of rotatable bonds is 3. The molecule has 0 unspecified atom stereocenters. The SMILES string of the molecule is CNC(=O)C(C)(C)CN1C(=O)C=CC1=O. The summed E-state index contributed by atoms with van der Waals surface area (Å²) >= 11 is 0. The smallest absolute Gasteiger partial charge is 0.253 e. The molecule has 1 aliphatic heterocycles. The quantitative estimate of drug-likeness (QED) is 0.649. The Balaban J connectivity index is 2.74. The first kappa shape index (κ1) is 11.4. The van der Waals surface area contributed by atoms with Crippen LogP contribution in [0.25, 0.3) is 0 Å². The highest BCUT2D eigenvalue weighted by atomic mass is 16.2. The zero-order valence-electron chi connectivity index (χ0n) is 9.03. The Morgan fingerprint density at radius 1 is 1.33 bits per heavy atom. The van der Waals surface area contributed by atoms with E-state index >= 15 is 0 Å². The number of carbonyl (C=O) groups is 3. The third-order valence-corrected chi connectivity index (χ3v) is 2.30. The van der Waals surface area contributed by atoms with Gasteiger partial charge in [0.15, 0.2) is 0 Å². The lowest BCUT2D eigenvalue weighted by Crippen LogP contribution is -2.45. The van der Waals surface area contributed by atoms with Crippen LogP contribution in [-0.4, -0.2) is 36.2 Å². The van der Waals surface area contributed by atoms with Gasteiger partial charge in [0.25, 0.3) is 11.8 Å². The van der Waals surface area contributed by atoms with E-state index in [1.54, 1.807) is 13.8 Å². The molecule has 0 aliphatic carbocycles. The lowest BCUT2D eigenvalue weighted by Gasteiger charge is -2.27. The van der Waals surface area contributed by atoms with Crippen LogP contribution in [0, 0.1) is 5.41 Å². The van der Waals surface area contributed by atoms with Crippen molar-refractivity contribution in [3.8, 4) is 0 Å². The van der Waals surface area contributed by atoms with E-state index in [9.17, 15) is 14.4 Å². The number of nitrogens with one attached hydrogen (secondary N) is 1. The molecule has 1 heterocycles. The Morgan fingerprint density at radius 2 is 1.80 bits per heavy atom. The van der Waals surface area contributed by atoms with E-state index in [1.165, 1.54) is 19.2 Å². The van der Waals surface area contributed by atoms with Crippen molar-refractivity contribution in [2.45, 2.75) is 13.8 Å². The summed E-state index contributed by atoms with van der Waals surface area (Å²) in [5.41, 5.74) is -0.772. The summed E-state index contributed by atoms with van der Waals surface area (Å²) in [6.45, 7) is 3.47. The molecule has 5 heteroatoms. The highest BCUT2D eigenvalue weighted by Gasteiger charge is 2.34. The van der Waals surface area contributed by atoms with Crippen molar-refractivity contribution in [3.63, 3.8) is 0 Å². The number of hydrogen-bond acceptors (Lipinski definition) is 3. The summed E-state index contributed by atoms with van der Waals surface area (Å²) in [6, 6.07) is 0. The van der Waals surface area contributed by atoms with Crippen LogP contribution in [0.1, 0.15) is 13.8 Å². The van der Waals surface area contributed by atoms with Crippen LogP contribution < -0.4 is 5.32 Å². The van der Waals surface area contributed by atoms with Gasteiger partial charge in [-0.05, 0) is 13.8 Å². The summed E-state index contributed by atoms with van der Waals surface area (Å²) in [4.78, 5) is 35.0. The van der Waals surface area contributed by atoms with Crippen LogP contribution in [0.4, 0.5) is 0 Å². The first-order chi connectivity index (χ1) is 6.88.